The van der Waals surface area contributed by atoms with Crippen molar-refractivity contribution in [2.24, 2.45) is 39.7 Å². The second kappa shape index (κ2) is 9.52. The molecule has 0 heterocycles. The number of rotatable bonds is 6. The highest BCUT2D eigenvalue weighted by Gasteiger charge is 2.59. The van der Waals surface area contributed by atoms with Gasteiger partial charge in [0.2, 0.25) is 0 Å². The highest BCUT2D eigenvalue weighted by atomic mass is 16.7. The standard InChI is InChI=1S/C27H43N3O3/c1-6-30(16-15-28-5)25(32)33-29-18(2)22-9-10-23-21-8-7-19-17-20(31)11-13-26(19,3)24(21)12-14-27(22,23)4/h17,21-24,28H,6-16H2,1-5H3/b29-18+/t21-,22+,23-,24-,26-,27+/m0/s1. The van der Waals surface area contributed by atoms with Gasteiger partial charge in [-0.1, -0.05) is 24.6 Å². The maximum Gasteiger partial charge on any atom is 0.436 e. The average molecular weight is 458 g/mol. The van der Waals surface area contributed by atoms with Gasteiger partial charge in [0, 0.05) is 32.0 Å². The van der Waals surface area contributed by atoms with Gasteiger partial charge in [-0.3, -0.25) is 9.63 Å². The van der Waals surface area contributed by atoms with Crippen LogP contribution in [0.3, 0.4) is 0 Å². The fourth-order valence-corrected chi connectivity index (χ4v) is 8.10. The molecule has 0 saturated heterocycles. The lowest BCUT2D eigenvalue weighted by molar-refractivity contribution is -0.117. The van der Waals surface area contributed by atoms with Crippen LogP contribution in [-0.2, 0) is 9.63 Å². The molecule has 0 aromatic carbocycles. The Morgan fingerprint density at radius 3 is 2.70 bits per heavy atom. The minimum absolute atomic E-state index is 0.214. The molecule has 33 heavy (non-hydrogen) atoms. The molecule has 4 aliphatic rings. The average Bonchev–Trinajstić information content (AvgIpc) is 3.15. The summed E-state index contributed by atoms with van der Waals surface area (Å²) in [5.41, 5.74) is 2.84. The Morgan fingerprint density at radius 2 is 1.97 bits per heavy atom. The Hall–Kier alpha value is -1.69. The smallest absolute Gasteiger partial charge is 0.318 e. The van der Waals surface area contributed by atoms with Crippen LogP contribution in [0.2, 0.25) is 0 Å². The molecule has 6 atom stereocenters. The van der Waals surface area contributed by atoms with E-state index in [4.69, 9.17) is 4.84 Å². The molecule has 0 spiro atoms. The number of hydrogen-bond acceptors (Lipinski definition) is 5. The minimum atomic E-state index is -0.359. The maximum atomic E-state index is 12.5. The zero-order valence-electron chi connectivity index (χ0n) is 21.3. The Kier molecular flexibility index (Phi) is 7.05. The predicted molar refractivity (Wildman–Crippen MR) is 131 cm³/mol. The van der Waals surface area contributed by atoms with Gasteiger partial charge >= 0.3 is 6.09 Å². The van der Waals surface area contributed by atoms with Crippen LogP contribution in [-0.4, -0.2) is 49.2 Å². The van der Waals surface area contributed by atoms with Crippen molar-refractivity contribution < 1.29 is 14.4 Å². The number of carbonyl (C=O) groups is 2. The molecule has 0 aromatic heterocycles. The summed E-state index contributed by atoms with van der Waals surface area (Å²) in [6.07, 6.45) is 10.5. The number of oxime groups is 1. The Morgan fingerprint density at radius 1 is 1.18 bits per heavy atom. The summed E-state index contributed by atoms with van der Waals surface area (Å²) in [6, 6.07) is 0. The second-order valence-corrected chi connectivity index (χ2v) is 11.4. The van der Waals surface area contributed by atoms with E-state index >= 15 is 0 Å². The van der Waals surface area contributed by atoms with E-state index in [2.05, 4.69) is 31.2 Å². The van der Waals surface area contributed by atoms with Crippen molar-refractivity contribution in [2.75, 3.05) is 26.7 Å². The number of allylic oxidation sites excluding steroid dienone is 1. The molecular weight excluding hydrogens is 414 g/mol. The van der Waals surface area contributed by atoms with Crippen molar-refractivity contribution >= 4 is 17.6 Å². The quantitative estimate of drug-likeness (QED) is 0.339. The number of carbonyl (C=O) groups excluding carboxylic acids is 2. The summed E-state index contributed by atoms with van der Waals surface area (Å²) in [5, 5.41) is 7.44. The van der Waals surface area contributed by atoms with E-state index in [0.717, 1.165) is 37.4 Å². The molecule has 1 N–H and O–H groups in total. The van der Waals surface area contributed by atoms with E-state index in [9.17, 15) is 9.59 Å². The molecule has 4 rings (SSSR count). The second-order valence-electron chi connectivity index (χ2n) is 11.4. The summed E-state index contributed by atoms with van der Waals surface area (Å²) in [7, 11) is 1.88. The Labute approximate surface area is 199 Å². The third kappa shape index (κ3) is 4.28. The highest BCUT2D eigenvalue weighted by Crippen LogP contribution is 2.66. The van der Waals surface area contributed by atoms with Crippen molar-refractivity contribution in [3.05, 3.63) is 11.6 Å². The van der Waals surface area contributed by atoms with E-state index in [1.807, 2.05) is 20.0 Å². The minimum Gasteiger partial charge on any atom is -0.318 e. The van der Waals surface area contributed by atoms with Crippen LogP contribution >= 0.6 is 0 Å². The molecule has 0 bridgehead atoms. The van der Waals surface area contributed by atoms with E-state index < -0.39 is 0 Å². The van der Waals surface area contributed by atoms with Crippen molar-refractivity contribution in [3.8, 4) is 0 Å². The number of ketones is 1. The van der Waals surface area contributed by atoms with Gasteiger partial charge in [0.15, 0.2) is 5.78 Å². The maximum absolute atomic E-state index is 12.5. The highest BCUT2D eigenvalue weighted by molar-refractivity contribution is 5.91. The summed E-state index contributed by atoms with van der Waals surface area (Å²) >= 11 is 0. The molecule has 0 unspecified atom stereocenters. The zero-order chi connectivity index (χ0) is 23.8. The first kappa shape index (κ1) is 24.4. The van der Waals surface area contributed by atoms with Gasteiger partial charge in [-0.05, 0) is 101 Å². The molecule has 6 nitrogen and oxygen atoms in total. The first-order chi connectivity index (χ1) is 15.7. The predicted octanol–water partition coefficient (Wildman–Crippen LogP) is 5.19. The number of fused-ring (bicyclic) bond motifs is 5. The lowest BCUT2D eigenvalue weighted by Gasteiger charge is -2.58. The molecule has 0 radical (unpaired) electrons. The van der Waals surface area contributed by atoms with Crippen molar-refractivity contribution in [3.63, 3.8) is 0 Å². The molecule has 0 aliphatic heterocycles. The van der Waals surface area contributed by atoms with Crippen LogP contribution in [0.1, 0.15) is 79.1 Å². The topological polar surface area (TPSA) is 71.0 Å². The molecule has 4 aliphatic carbocycles. The van der Waals surface area contributed by atoms with E-state index in [1.54, 1.807) is 4.90 Å². The molecular formula is C27H43N3O3. The van der Waals surface area contributed by atoms with Crippen LogP contribution < -0.4 is 5.32 Å². The summed E-state index contributed by atoms with van der Waals surface area (Å²) < 4.78 is 0. The van der Waals surface area contributed by atoms with Crippen LogP contribution in [0.25, 0.3) is 0 Å². The van der Waals surface area contributed by atoms with Gasteiger partial charge in [0.25, 0.3) is 0 Å². The van der Waals surface area contributed by atoms with Crippen molar-refractivity contribution in [1.82, 2.24) is 10.2 Å². The number of hydrogen-bond donors (Lipinski definition) is 1. The largest absolute Gasteiger partial charge is 0.436 e. The summed E-state index contributed by atoms with van der Waals surface area (Å²) in [4.78, 5) is 31.6. The lowest BCUT2D eigenvalue weighted by atomic mass is 9.46. The number of amides is 1. The number of nitrogens with zero attached hydrogens (tertiary/aromatic N) is 2. The zero-order valence-corrected chi connectivity index (χ0v) is 21.3. The normalized spacial score (nSPS) is 38.2. The van der Waals surface area contributed by atoms with E-state index in [0.29, 0.717) is 43.0 Å². The third-order valence-electron chi connectivity index (χ3n) is 10.0. The van der Waals surface area contributed by atoms with Crippen LogP contribution in [0, 0.1) is 34.5 Å². The first-order valence-electron chi connectivity index (χ1n) is 13.1. The molecule has 1 amide bonds. The van der Waals surface area contributed by atoms with Crippen LogP contribution in [0.5, 0.6) is 0 Å². The van der Waals surface area contributed by atoms with Crippen molar-refractivity contribution in [2.45, 2.75) is 79.1 Å². The Bertz CT molecular complexity index is 836. The third-order valence-corrected chi connectivity index (χ3v) is 10.0. The van der Waals surface area contributed by atoms with Crippen LogP contribution in [0.15, 0.2) is 16.8 Å². The van der Waals surface area contributed by atoms with E-state index in [-0.39, 0.29) is 16.9 Å². The van der Waals surface area contributed by atoms with Gasteiger partial charge in [-0.2, -0.15) is 0 Å². The molecule has 3 fully saturated rings. The first-order valence-corrected chi connectivity index (χ1v) is 13.1. The monoisotopic (exact) mass is 457 g/mol. The fraction of sp³-hybridized carbons (Fsp3) is 0.815. The van der Waals surface area contributed by atoms with Gasteiger partial charge in [-0.25, -0.2) is 4.79 Å². The summed E-state index contributed by atoms with van der Waals surface area (Å²) in [5.74, 6) is 2.83. The number of nitrogens with one attached hydrogen (secondary N) is 1. The van der Waals surface area contributed by atoms with Crippen molar-refractivity contribution in [1.29, 1.82) is 0 Å². The molecule has 0 aromatic rings. The molecule has 184 valence electrons. The molecule has 6 heteroatoms. The van der Waals surface area contributed by atoms with E-state index in [1.165, 1.54) is 31.3 Å². The SMILES string of the molecule is CCN(CCNC)C(=O)O/N=C(\C)[C@H]1CC[C@H]2[C@@H]3CCC4=CC(=O)CC[C@]4(C)[C@H]3CC[C@]12C. The fourth-order valence-electron chi connectivity index (χ4n) is 8.10. The summed E-state index contributed by atoms with van der Waals surface area (Å²) in [6.45, 7) is 10.9. The van der Waals surface area contributed by atoms with Gasteiger partial charge in [0.1, 0.15) is 0 Å². The van der Waals surface area contributed by atoms with Crippen LogP contribution in [0.4, 0.5) is 4.79 Å². The van der Waals surface area contributed by atoms with Gasteiger partial charge in [-0.15, -0.1) is 0 Å². The lowest BCUT2D eigenvalue weighted by Crippen LogP contribution is -2.51. The van der Waals surface area contributed by atoms with Gasteiger partial charge < -0.3 is 10.2 Å². The Balaban J connectivity index is 1.46. The molecule has 3 saturated carbocycles. The van der Waals surface area contributed by atoms with Gasteiger partial charge in [0.05, 0.1) is 5.71 Å². The number of likely N-dealkylation sites (N-methyl/N-ethyl adjacent to an activating group) is 2.